The Morgan fingerprint density at radius 2 is 2.12 bits per heavy atom. The van der Waals surface area contributed by atoms with Crippen molar-refractivity contribution in [3.05, 3.63) is 18.3 Å². The second-order valence-corrected chi connectivity index (χ2v) is 7.01. The maximum atomic E-state index is 11.5. The summed E-state index contributed by atoms with van der Waals surface area (Å²) in [5.41, 5.74) is 6.18. The Balaban J connectivity index is 2.72. The average molecular weight is 243 g/mol. The number of hydrogen-bond donors (Lipinski definition) is 2. The van der Waals surface area contributed by atoms with Crippen LogP contribution >= 0.6 is 0 Å². The standard InChI is InChI=1S/C10H17N3O2S/c1-10(2,16(3,14)15)7-13-9-6-8(11)4-5-12-9/h4-6H,7H2,1-3H3,(H3,11,12,13). The first-order chi connectivity index (χ1) is 7.22. The molecule has 0 saturated heterocycles. The molecule has 1 heterocycles. The number of sulfone groups is 1. The number of nitrogens with two attached hydrogens (primary N) is 1. The van der Waals surface area contributed by atoms with E-state index in [2.05, 4.69) is 10.3 Å². The van der Waals surface area contributed by atoms with E-state index in [0.29, 0.717) is 18.1 Å². The van der Waals surface area contributed by atoms with E-state index in [1.165, 1.54) is 6.26 Å². The second kappa shape index (κ2) is 4.29. The highest BCUT2D eigenvalue weighted by Gasteiger charge is 2.29. The van der Waals surface area contributed by atoms with Gasteiger partial charge < -0.3 is 11.1 Å². The number of hydrogen-bond acceptors (Lipinski definition) is 5. The maximum Gasteiger partial charge on any atom is 0.154 e. The Morgan fingerprint density at radius 3 is 2.62 bits per heavy atom. The van der Waals surface area contributed by atoms with Crippen LogP contribution in [0.3, 0.4) is 0 Å². The van der Waals surface area contributed by atoms with Crippen molar-refractivity contribution in [1.82, 2.24) is 4.98 Å². The summed E-state index contributed by atoms with van der Waals surface area (Å²) >= 11 is 0. The number of anilines is 2. The zero-order valence-electron chi connectivity index (χ0n) is 9.69. The van der Waals surface area contributed by atoms with Gasteiger partial charge in [-0.1, -0.05) is 0 Å². The van der Waals surface area contributed by atoms with Gasteiger partial charge in [0, 0.05) is 30.8 Å². The minimum atomic E-state index is -3.10. The van der Waals surface area contributed by atoms with Gasteiger partial charge in [-0.3, -0.25) is 0 Å². The summed E-state index contributed by atoms with van der Waals surface area (Å²) in [5, 5.41) is 2.96. The van der Waals surface area contributed by atoms with E-state index < -0.39 is 14.6 Å². The van der Waals surface area contributed by atoms with Crippen molar-refractivity contribution in [2.24, 2.45) is 0 Å². The lowest BCUT2D eigenvalue weighted by Gasteiger charge is -2.23. The monoisotopic (exact) mass is 243 g/mol. The molecule has 1 aromatic heterocycles. The molecule has 0 radical (unpaired) electrons. The van der Waals surface area contributed by atoms with Gasteiger partial charge in [0.05, 0.1) is 4.75 Å². The summed E-state index contributed by atoms with van der Waals surface area (Å²) in [5.74, 6) is 0.580. The highest BCUT2D eigenvalue weighted by Crippen LogP contribution is 2.16. The fourth-order valence-electron chi connectivity index (χ4n) is 0.978. The number of nitrogens with zero attached hydrogens (tertiary/aromatic N) is 1. The van der Waals surface area contributed by atoms with Crippen LogP contribution < -0.4 is 11.1 Å². The number of nitrogen functional groups attached to an aromatic ring is 1. The van der Waals surface area contributed by atoms with Gasteiger partial charge in [-0.2, -0.15) is 0 Å². The second-order valence-electron chi connectivity index (χ2n) is 4.36. The summed E-state index contributed by atoms with van der Waals surface area (Å²) in [6, 6.07) is 3.34. The topological polar surface area (TPSA) is 85.1 Å². The van der Waals surface area contributed by atoms with Crippen molar-refractivity contribution in [2.75, 3.05) is 23.9 Å². The van der Waals surface area contributed by atoms with E-state index in [9.17, 15) is 8.42 Å². The molecular formula is C10H17N3O2S. The van der Waals surface area contributed by atoms with Gasteiger partial charge in [-0.15, -0.1) is 0 Å². The van der Waals surface area contributed by atoms with E-state index in [1.54, 1.807) is 32.2 Å². The molecular weight excluding hydrogens is 226 g/mol. The van der Waals surface area contributed by atoms with Gasteiger partial charge >= 0.3 is 0 Å². The maximum absolute atomic E-state index is 11.5. The Bertz CT molecular complexity index is 469. The van der Waals surface area contributed by atoms with Crippen molar-refractivity contribution in [2.45, 2.75) is 18.6 Å². The van der Waals surface area contributed by atoms with Crippen LogP contribution in [0.15, 0.2) is 18.3 Å². The molecule has 0 atom stereocenters. The van der Waals surface area contributed by atoms with Crippen molar-refractivity contribution in [3.8, 4) is 0 Å². The van der Waals surface area contributed by atoms with Crippen LogP contribution in [0.4, 0.5) is 11.5 Å². The Kier molecular flexibility index (Phi) is 3.42. The van der Waals surface area contributed by atoms with Crippen LogP contribution in [-0.4, -0.2) is 30.9 Å². The van der Waals surface area contributed by atoms with E-state index in [1.807, 2.05) is 0 Å². The molecule has 0 saturated carbocycles. The zero-order chi connectivity index (χ0) is 12.4. The quantitative estimate of drug-likeness (QED) is 0.820. The van der Waals surface area contributed by atoms with Crippen molar-refractivity contribution >= 4 is 21.3 Å². The van der Waals surface area contributed by atoms with Gasteiger partial charge in [0.25, 0.3) is 0 Å². The normalized spacial score (nSPS) is 12.4. The molecule has 0 fully saturated rings. The average Bonchev–Trinajstić information content (AvgIpc) is 2.13. The molecule has 0 aliphatic rings. The Hall–Kier alpha value is -1.30. The number of nitrogens with one attached hydrogen (secondary N) is 1. The summed E-state index contributed by atoms with van der Waals surface area (Å²) in [6.07, 6.45) is 2.80. The molecule has 6 heteroatoms. The van der Waals surface area contributed by atoms with E-state index in [4.69, 9.17) is 5.73 Å². The Labute approximate surface area is 96.0 Å². The smallest absolute Gasteiger partial charge is 0.154 e. The third-order valence-corrected chi connectivity index (χ3v) is 4.63. The van der Waals surface area contributed by atoms with E-state index >= 15 is 0 Å². The first-order valence-corrected chi connectivity index (χ1v) is 6.76. The molecule has 1 aromatic rings. The van der Waals surface area contributed by atoms with Crippen molar-refractivity contribution in [1.29, 1.82) is 0 Å². The van der Waals surface area contributed by atoms with Crippen LogP contribution in [0, 0.1) is 0 Å². The lowest BCUT2D eigenvalue weighted by atomic mass is 10.2. The third-order valence-electron chi connectivity index (χ3n) is 2.48. The fourth-order valence-corrected chi connectivity index (χ4v) is 1.31. The summed E-state index contributed by atoms with van der Waals surface area (Å²) in [7, 11) is -3.10. The molecule has 0 aliphatic heterocycles. The lowest BCUT2D eigenvalue weighted by Crippen LogP contribution is -2.38. The molecule has 16 heavy (non-hydrogen) atoms. The molecule has 0 bridgehead atoms. The SMILES string of the molecule is CC(C)(CNc1cc(N)ccn1)S(C)(=O)=O. The molecule has 0 amide bonds. The molecule has 1 rings (SSSR count). The van der Waals surface area contributed by atoms with E-state index in [0.717, 1.165) is 0 Å². The number of rotatable bonds is 4. The predicted octanol–water partition coefficient (Wildman–Crippen LogP) is 0.899. The van der Waals surface area contributed by atoms with Gasteiger partial charge in [-0.05, 0) is 19.9 Å². The molecule has 90 valence electrons. The molecule has 5 nitrogen and oxygen atoms in total. The first kappa shape index (κ1) is 12.8. The van der Waals surface area contributed by atoms with Crippen LogP contribution in [0.25, 0.3) is 0 Å². The molecule has 3 N–H and O–H groups in total. The predicted molar refractivity (Wildman–Crippen MR) is 66.1 cm³/mol. The first-order valence-electron chi connectivity index (χ1n) is 4.87. The van der Waals surface area contributed by atoms with Gasteiger partial charge in [0.15, 0.2) is 9.84 Å². The van der Waals surface area contributed by atoms with Gasteiger partial charge in [0.2, 0.25) is 0 Å². The zero-order valence-corrected chi connectivity index (χ0v) is 10.5. The van der Waals surface area contributed by atoms with Crippen LogP contribution in [0.5, 0.6) is 0 Å². The largest absolute Gasteiger partial charge is 0.399 e. The molecule has 0 aromatic carbocycles. The minimum absolute atomic E-state index is 0.294. The Morgan fingerprint density at radius 1 is 1.50 bits per heavy atom. The highest BCUT2D eigenvalue weighted by atomic mass is 32.2. The van der Waals surface area contributed by atoms with Crippen molar-refractivity contribution < 1.29 is 8.42 Å². The molecule has 0 unspecified atom stereocenters. The fraction of sp³-hybridized carbons (Fsp3) is 0.500. The summed E-state index contributed by atoms with van der Waals surface area (Å²) < 4.78 is 22.1. The van der Waals surface area contributed by atoms with E-state index in [-0.39, 0.29) is 0 Å². The molecule has 0 spiro atoms. The lowest BCUT2D eigenvalue weighted by molar-refractivity contribution is 0.559. The van der Waals surface area contributed by atoms with Gasteiger partial charge in [-0.25, -0.2) is 13.4 Å². The van der Waals surface area contributed by atoms with Gasteiger partial charge in [0.1, 0.15) is 5.82 Å². The van der Waals surface area contributed by atoms with Crippen LogP contribution in [0.2, 0.25) is 0 Å². The number of aromatic nitrogens is 1. The summed E-state index contributed by atoms with van der Waals surface area (Å²) in [6.45, 7) is 3.63. The third kappa shape index (κ3) is 3.10. The number of pyridine rings is 1. The van der Waals surface area contributed by atoms with Crippen LogP contribution in [-0.2, 0) is 9.84 Å². The minimum Gasteiger partial charge on any atom is -0.399 e. The van der Waals surface area contributed by atoms with Crippen molar-refractivity contribution in [3.63, 3.8) is 0 Å². The summed E-state index contributed by atoms with van der Waals surface area (Å²) in [4.78, 5) is 4.04. The molecule has 0 aliphatic carbocycles. The van der Waals surface area contributed by atoms with Crippen LogP contribution in [0.1, 0.15) is 13.8 Å². The highest BCUT2D eigenvalue weighted by molar-refractivity contribution is 7.92.